The molecule has 2 aliphatic heterocycles. The number of allylic oxidation sites excluding steroid dienone is 1. The minimum Gasteiger partial charge on any atom is -0.443 e. The van der Waals surface area contributed by atoms with E-state index in [0.29, 0.717) is 0 Å². The Morgan fingerprint density at radius 1 is 1.32 bits per heavy atom. The van der Waals surface area contributed by atoms with Gasteiger partial charge in [0.15, 0.2) is 0 Å². The molecule has 3 fully saturated rings. The third-order valence-electron chi connectivity index (χ3n) is 7.13. The van der Waals surface area contributed by atoms with Crippen LogP contribution in [0.15, 0.2) is 42.0 Å². The van der Waals surface area contributed by atoms with Crippen molar-refractivity contribution in [2.45, 2.75) is 82.5 Å². The second-order valence-electron chi connectivity index (χ2n) is 9.60. The van der Waals surface area contributed by atoms with Gasteiger partial charge < -0.3 is 24.3 Å². The Morgan fingerprint density at radius 3 is 2.65 bits per heavy atom. The summed E-state index contributed by atoms with van der Waals surface area (Å²) in [6.07, 6.45) is 3.77. The van der Waals surface area contributed by atoms with Crippen molar-refractivity contribution < 1.29 is 23.7 Å². The molecule has 3 aliphatic rings. The van der Waals surface area contributed by atoms with E-state index in [1.165, 1.54) is 5.57 Å². The Hall–Kier alpha value is -1.89. The van der Waals surface area contributed by atoms with Crippen LogP contribution in [-0.4, -0.2) is 49.3 Å². The Kier molecular flexibility index (Phi) is 6.16. The standard InChI is InChI=1S/C25H35NO5/c1-16(2)11-12-20-24(4,31-20)22-21(28-5)19(13-14-25(22)15-29-25)30-23(27)26-17(3)18-9-7-6-8-10-18/h6-11,17,19-22H,12-15H2,1-5H3,(H,26,27)/t17-,19+,20+,21+,22+,24?,25-/m0/s1. The summed E-state index contributed by atoms with van der Waals surface area (Å²) in [5.41, 5.74) is 1.77. The number of methoxy groups -OCH3 is 1. The van der Waals surface area contributed by atoms with Gasteiger partial charge in [0, 0.05) is 7.11 Å². The lowest BCUT2D eigenvalue weighted by molar-refractivity contribution is -0.118. The average molecular weight is 430 g/mol. The number of carbonyl (C=O) groups excluding carboxylic acids is 1. The first kappa shape index (κ1) is 22.3. The lowest BCUT2D eigenvalue weighted by Gasteiger charge is -2.42. The van der Waals surface area contributed by atoms with Gasteiger partial charge in [0.2, 0.25) is 0 Å². The van der Waals surface area contributed by atoms with E-state index in [1.54, 1.807) is 7.11 Å². The molecule has 31 heavy (non-hydrogen) atoms. The number of alkyl carbamates (subject to hydrolysis) is 1. The SMILES string of the molecule is CO[C@H]1[C@H](C2(C)O[C@@H]2CC=C(C)C)[C@]2(CC[C@H]1OC(=O)N[C@@H](C)c1ccccc1)CO2. The largest absolute Gasteiger partial charge is 0.443 e. The van der Waals surface area contributed by atoms with Crippen molar-refractivity contribution in [3.8, 4) is 0 Å². The van der Waals surface area contributed by atoms with Gasteiger partial charge >= 0.3 is 6.09 Å². The van der Waals surface area contributed by atoms with E-state index in [2.05, 4.69) is 32.2 Å². The number of rotatable bonds is 7. The third kappa shape index (κ3) is 4.52. The highest BCUT2D eigenvalue weighted by molar-refractivity contribution is 5.68. The summed E-state index contributed by atoms with van der Waals surface area (Å²) in [4.78, 5) is 12.7. The topological polar surface area (TPSA) is 72.6 Å². The highest BCUT2D eigenvalue weighted by atomic mass is 16.6. The van der Waals surface area contributed by atoms with E-state index < -0.39 is 6.09 Å². The fourth-order valence-electron chi connectivity index (χ4n) is 5.24. The first-order valence-corrected chi connectivity index (χ1v) is 11.3. The van der Waals surface area contributed by atoms with E-state index in [0.717, 1.165) is 31.4 Å². The normalized spacial score (nSPS) is 37.1. The van der Waals surface area contributed by atoms with E-state index in [-0.39, 0.29) is 41.5 Å². The zero-order chi connectivity index (χ0) is 22.2. The molecule has 4 rings (SSSR count). The molecule has 2 saturated heterocycles. The molecule has 6 nitrogen and oxygen atoms in total. The predicted molar refractivity (Wildman–Crippen MR) is 118 cm³/mol. The second kappa shape index (κ2) is 8.57. The molecule has 7 atom stereocenters. The molecule has 6 heteroatoms. The molecular weight excluding hydrogens is 394 g/mol. The maximum absolute atomic E-state index is 12.7. The molecule has 1 aliphatic carbocycles. The predicted octanol–water partition coefficient (Wildman–Crippen LogP) is 4.55. The summed E-state index contributed by atoms with van der Waals surface area (Å²) in [6, 6.07) is 9.73. The van der Waals surface area contributed by atoms with Crippen molar-refractivity contribution in [3.63, 3.8) is 0 Å². The molecule has 1 aromatic carbocycles. The van der Waals surface area contributed by atoms with E-state index in [9.17, 15) is 4.79 Å². The van der Waals surface area contributed by atoms with Gasteiger partial charge in [-0.1, -0.05) is 42.0 Å². The van der Waals surface area contributed by atoms with Crippen molar-refractivity contribution in [1.29, 1.82) is 0 Å². The van der Waals surface area contributed by atoms with Crippen LogP contribution < -0.4 is 5.32 Å². The monoisotopic (exact) mass is 429 g/mol. The summed E-state index contributed by atoms with van der Waals surface area (Å²) in [6.45, 7) is 9.02. The van der Waals surface area contributed by atoms with Crippen molar-refractivity contribution >= 4 is 6.09 Å². The number of hydrogen-bond acceptors (Lipinski definition) is 5. The van der Waals surface area contributed by atoms with Crippen LogP contribution in [0.2, 0.25) is 0 Å². The summed E-state index contributed by atoms with van der Waals surface area (Å²) < 4.78 is 24.0. The van der Waals surface area contributed by atoms with Gasteiger partial charge in [-0.05, 0) is 52.5 Å². The number of epoxide rings is 2. The Balaban J connectivity index is 1.43. The van der Waals surface area contributed by atoms with Gasteiger partial charge in [-0.3, -0.25) is 0 Å². The second-order valence-corrected chi connectivity index (χ2v) is 9.60. The molecule has 1 saturated carbocycles. The average Bonchev–Trinajstić information content (AvgIpc) is 3.65. The molecular formula is C25H35NO5. The van der Waals surface area contributed by atoms with Gasteiger partial charge in [-0.15, -0.1) is 0 Å². The lowest BCUT2D eigenvalue weighted by Crippen LogP contribution is -2.56. The molecule has 1 aromatic rings. The molecule has 0 bridgehead atoms. The van der Waals surface area contributed by atoms with Crippen molar-refractivity contribution in [2.24, 2.45) is 5.92 Å². The fraction of sp³-hybridized carbons (Fsp3) is 0.640. The van der Waals surface area contributed by atoms with Crippen LogP contribution in [0.4, 0.5) is 4.79 Å². The van der Waals surface area contributed by atoms with Crippen LogP contribution in [0.3, 0.4) is 0 Å². The molecule has 0 radical (unpaired) electrons. The zero-order valence-corrected chi connectivity index (χ0v) is 19.2. The van der Waals surface area contributed by atoms with E-state index >= 15 is 0 Å². The Labute approximate surface area is 185 Å². The minimum absolute atomic E-state index is 0.0265. The van der Waals surface area contributed by atoms with Crippen LogP contribution in [0.25, 0.3) is 0 Å². The van der Waals surface area contributed by atoms with Crippen LogP contribution in [0.1, 0.15) is 58.6 Å². The highest BCUT2D eigenvalue weighted by Crippen LogP contribution is 2.59. The summed E-state index contributed by atoms with van der Waals surface area (Å²) in [5.74, 6) is 0.0265. The molecule has 0 aromatic heterocycles. The van der Waals surface area contributed by atoms with Crippen molar-refractivity contribution in [2.75, 3.05) is 13.7 Å². The van der Waals surface area contributed by atoms with Gasteiger partial charge in [0.05, 0.1) is 24.7 Å². The zero-order valence-electron chi connectivity index (χ0n) is 19.2. The molecule has 1 spiro atoms. The maximum atomic E-state index is 12.7. The van der Waals surface area contributed by atoms with Crippen LogP contribution in [0.5, 0.6) is 0 Å². The number of ether oxygens (including phenoxy) is 4. The third-order valence-corrected chi connectivity index (χ3v) is 7.13. The quantitative estimate of drug-likeness (QED) is 0.508. The molecule has 2 heterocycles. The fourth-order valence-corrected chi connectivity index (χ4v) is 5.24. The lowest BCUT2D eigenvalue weighted by atomic mass is 9.68. The highest BCUT2D eigenvalue weighted by Gasteiger charge is 2.72. The first-order chi connectivity index (χ1) is 14.8. The number of nitrogens with one attached hydrogen (secondary N) is 1. The Morgan fingerprint density at radius 2 is 2.03 bits per heavy atom. The molecule has 1 N–H and O–H groups in total. The smallest absolute Gasteiger partial charge is 0.407 e. The van der Waals surface area contributed by atoms with Gasteiger partial charge in [0.1, 0.15) is 23.4 Å². The van der Waals surface area contributed by atoms with Gasteiger partial charge in [0.25, 0.3) is 0 Å². The van der Waals surface area contributed by atoms with E-state index in [1.807, 2.05) is 37.3 Å². The van der Waals surface area contributed by atoms with Crippen molar-refractivity contribution in [1.82, 2.24) is 5.32 Å². The summed E-state index contributed by atoms with van der Waals surface area (Å²) in [7, 11) is 1.69. The molecule has 1 amide bonds. The summed E-state index contributed by atoms with van der Waals surface area (Å²) >= 11 is 0. The Bertz CT molecular complexity index is 816. The number of benzene rings is 1. The van der Waals surface area contributed by atoms with E-state index in [4.69, 9.17) is 18.9 Å². The number of hydrogen-bond donors (Lipinski definition) is 1. The number of amides is 1. The molecule has 170 valence electrons. The summed E-state index contributed by atoms with van der Waals surface area (Å²) in [5, 5.41) is 2.95. The molecule has 1 unspecified atom stereocenters. The van der Waals surface area contributed by atoms with Crippen molar-refractivity contribution in [3.05, 3.63) is 47.5 Å². The van der Waals surface area contributed by atoms with Gasteiger partial charge in [-0.25, -0.2) is 4.79 Å². The van der Waals surface area contributed by atoms with Crippen LogP contribution in [-0.2, 0) is 18.9 Å². The number of carbonyl (C=O) groups is 1. The maximum Gasteiger partial charge on any atom is 0.407 e. The van der Waals surface area contributed by atoms with Crippen LogP contribution >= 0.6 is 0 Å². The van der Waals surface area contributed by atoms with Crippen LogP contribution in [0, 0.1) is 5.92 Å². The van der Waals surface area contributed by atoms with Gasteiger partial charge in [-0.2, -0.15) is 0 Å². The first-order valence-electron chi connectivity index (χ1n) is 11.3. The minimum atomic E-state index is -0.419.